The van der Waals surface area contributed by atoms with Crippen LogP contribution >= 0.6 is 0 Å². The number of fused-ring (bicyclic) bond motifs is 1. The van der Waals surface area contributed by atoms with Gasteiger partial charge in [0.25, 0.3) is 5.91 Å². The van der Waals surface area contributed by atoms with Crippen molar-refractivity contribution in [2.24, 2.45) is 0 Å². The molecule has 0 spiro atoms. The van der Waals surface area contributed by atoms with Crippen molar-refractivity contribution in [3.05, 3.63) is 53.2 Å². The van der Waals surface area contributed by atoms with Crippen molar-refractivity contribution in [2.45, 2.75) is 39.7 Å². The van der Waals surface area contributed by atoms with E-state index in [9.17, 15) is 4.79 Å². The Morgan fingerprint density at radius 2 is 2.00 bits per heavy atom. The SMILES string of the molecule is Cc1cc(-c2nncc3c(C(C)(C)C)c(OCc4ccc(C(=O)NN5CCOCC5)cn4)nn23)no1. The second kappa shape index (κ2) is 9.63. The lowest BCUT2D eigenvalue weighted by atomic mass is 9.88. The van der Waals surface area contributed by atoms with E-state index >= 15 is 0 Å². The van der Waals surface area contributed by atoms with Crippen molar-refractivity contribution in [2.75, 3.05) is 26.3 Å². The number of hydrogen-bond donors (Lipinski definition) is 1. The van der Waals surface area contributed by atoms with Crippen molar-refractivity contribution in [1.82, 2.24) is 40.4 Å². The Morgan fingerprint density at radius 3 is 2.67 bits per heavy atom. The number of nitrogens with one attached hydrogen (secondary N) is 1. The summed E-state index contributed by atoms with van der Waals surface area (Å²) in [5.74, 6) is 1.37. The van der Waals surface area contributed by atoms with Crippen LogP contribution in [0.2, 0.25) is 0 Å². The smallest absolute Gasteiger partial charge is 0.267 e. The molecule has 1 aliphatic heterocycles. The van der Waals surface area contributed by atoms with Gasteiger partial charge in [-0.2, -0.15) is 5.10 Å². The Balaban J connectivity index is 1.36. The number of amides is 1. The number of carbonyl (C=O) groups excluding carboxylic acids is 1. The summed E-state index contributed by atoms with van der Waals surface area (Å²) in [7, 11) is 0. The number of hydrogen-bond acceptors (Lipinski definition) is 10. The lowest BCUT2D eigenvalue weighted by molar-refractivity contribution is 0.0126. The Morgan fingerprint density at radius 1 is 1.19 bits per heavy atom. The van der Waals surface area contributed by atoms with Gasteiger partial charge in [-0.15, -0.1) is 10.2 Å². The summed E-state index contributed by atoms with van der Waals surface area (Å²) in [6, 6.07) is 5.28. The Bertz CT molecular complexity index is 1370. The van der Waals surface area contributed by atoms with Crippen molar-refractivity contribution >= 4 is 11.4 Å². The van der Waals surface area contributed by atoms with Crippen molar-refractivity contribution in [3.63, 3.8) is 0 Å². The van der Waals surface area contributed by atoms with Gasteiger partial charge in [0.1, 0.15) is 12.4 Å². The molecular formula is C24H28N8O4. The van der Waals surface area contributed by atoms with E-state index in [2.05, 4.69) is 46.5 Å². The first-order valence-corrected chi connectivity index (χ1v) is 11.7. The van der Waals surface area contributed by atoms with E-state index in [4.69, 9.17) is 19.1 Å². The molecule has 1 amide bonds. The molecule has 12 heteroatoms. The quantitative estimate of drug-likeness (QED) is 0.427. The largest absolute Gasteiger partial charge is 0.470 e. The lowest BCUT2D eigenvalue weighted by Gasteiger charge is -2.26. The highest BCUT2D eigenvalue weighted by molar-refractivity contribution is 5.93. The van der Waals surface area contributed by atoms with Crippen molar-refractivity contribution in [1.29, 1.82) is 0 Å². The molecule has 0 bridgehead atoms. The fraction of sp³-hybridized carbons (Fsp3) is 0.417. The average Bonchev–Trinajstić information content (AvgIpc) is 3.46. The van der Waals surface area contributed by atoms with Crippen LogP contribution in [0.1, 0.15) is 48.1 Å². The first kappa shape index (κ1) is 23.8. The maximum absolute atomic E-state index is 12.5. The maximum Gasteiger partial charge on any atom is 0.267 e. The summed E-state index contributed by atoms with van der Waals surface area (Å²) in [5, 5.41) is 19.0. The van der Waals surface area contributed by atoms with Gasteiger partial charge < -0.3 is 14.0 Å². The van der Waals surface area contributed by atoms with Gasteiger partial charge >= 0.3 is 0 Å². The third-order valence-electron chi connectivity index (χ3n) is 5.74. The predicted octanol–water partition coefficient (Wildman–Crippen LogP) is 2.34. The Hall–Kier alpha value is -3.90. The van der Waals surface area contributed by atoms with E-state index in [1.54, 1.807) is 35.1 Å². The number of rotatable bonds is 6. The van der Waals surface area contributed by atoms with Gasteiger partial charge in [0, 0.05) is 30.9 Å². The van der Waals surface area contributed by atoms with Crippen LogP contribution in [0, 0.1) is 6.92 Å². The van der Waals surface area contributed by atoms with E-state index in [-0.39, 0.29) is 17.9 Å². The first-order chi connectivity index (χ1) is 17.3. The molecule has 1 N–H and O–H groups in total. The molecule has 4 aromatic heterocycles. The molecule has 5 rings (SSSR count). The Labute approximate surface area is 207 Å². The predicted molar refractivity (Wildman–Crippen MR) is 128 cm³/mol. The molecule has 1 fully saturated rings. The minimum Gasteiger partial charge on any atom is -0.470 e. The number of pyridine rings is 1. The molecule has 1 saturated heterocycles. The van der Waals surface area contributed by atoms with Crippen LogP contribution in [0.5, 0.6) is 5.88 Å². The second-order valence-corrected chi connectivity index (χ2v) is 9.59. The molecule has 0 atom stereocenters. The highest BCUT2D eigenvalue weighted by Crippen LogP contribution is 2.36. The molecule has 36 heavy (non-hydrogen) atoms. The fourth-order valence-corrected chi connectivity index (χ4v) is 3.98. The van der Waals surface area contributed by atoms with E-state index in [0.29, 0.717) is 60.7 Å². The third-order valence-corrected chi connectivity index (χ3v) is 5.74. The number of aromatic nitrogens is 6. The highest BCUT2D eigenvalue weighted by Gasteiger charge is 2.28. The number of ether oxygens (including phenoxy) is 2. The summed E-state index contributed by atoms with van der Waals surface area (Å²) >= 11 is 0. The molecule has 0 unspecified atom stereocenters. The molecular weight excluding hydrogens is 464 g/mol. The van der Waals surface area contributed by atoms with Crippen LogP contribution in [-0.2, 0) is 16.8 Å². The summed E-state index contributed by atoms with van der Waals surface area (Å²) < 4.78 is 18.3. The summed E-state index contributed by atoms with van der Waals surface area (Å²) in [4.78, 5) is 16.9. The monoisotopic (exact) mass is 492 g/mol. The minimum atomic E-state index is -0.286. The highest BCUT2D eigenvalue weighted by atomic mass is 16.5. The van der Waals surface area contributed by atoms with E-state index in [1.807, 2.05) is 11.9 Å². The van der Waals surface area contributed by atoms with E-state index in [1.165, 1.54) is 0 Å². The van der Waals surface area contributed by atoms with Gasteiger partial charge in [-0.3, -0.25) is 15.2 Å². The molecule has 0 saturated carbocycles. The van der Waals surface area contributed by atoms with Crippen LogP contribution in [0.3, 0.4) is 0 Å². The molecule has 1 aliphatic rings. The van der Waals surface area contributed by atoms with Crippen LogP contribution in [0.4, 0.5) is 0 Å². The zero-order valence-electron chi connectivity index (χ0n) is 20.7. The summed E-state index contributed by atoms with van der Waals surface area (Å²) in [5.41, 5.74) is 5.92. The van der Waals surface area contributed by atoms with Gasteiger partial charge in [0.05, 0.1) is 36.2 Å². The standard InChI is InChI=1S/C24H28N8O4/c1-15-11-18(30-36-15)21-27-26-13-19-20(24(2,3)4)23(29-32(19)21)35-14-17-6-5-16(12-25-17)22(33)28-31-7-9-34-10-8-31/h5-6,11-13H,7-10,14H2,1-4H3,(H,28,33). The minimum absolute atomic E-state index is 0.178. The molecule has 188 valence electrons. The number of hydrazine groups is 1. The summed E-state index contributed by atoms with van der Waals surface area (Å²) in [6.07, 6.45) is 3.21. The van der Waals surface area contributed by atoms with Gasteiger partial charge in [0.15, 0.2) is 5.69 Å². The van der Waals surface area contributed by atoms with Gasteiger partial charge in [-0.05, 0) is 24.5 Å². The molecule has 4 aromatic rings. The number of morpholine rings is 1. The second-order valence-electron chi connectivity index (χ2n) is 9.59. The third kappa shape index (κ3) is 4.90. The topological polar surface area (TPSA) is 133 Å². The zero-order chi connectivity index (χ0) is 25.3. The van der Waals surface area contributed by atoms with Crippen LogP contribution < -0.4 is 10.2 Å². The van der Waals surface area contributed by atoms with E-state index in [0.717, 1.165) is 11.1 Å². The number of carbonyl (C=O) groups is 1. The Kier molecular flexibility index (Phi) is 6.37. The maximum atomic E-state index is 12.5. The molecule has 0 aliphatic carbocycles. The van der Waals surface area contributed by atoms with Crippen molar-refractivity contribution < 1.29 is 18.8 Å². The normalized spacial score (nSPS) is 14.8. The fourth-order valence-electron chi connectivity index (χ4n) is 3.98. The van der Waals surface area contributed by atoms with E-state index < -0.39 is 0 Å². The van der Waals surface area contributed by atoms with Crippen molar-refractivity contribution in [3.8, 4) is 17.4 Å². The number of aryl methyl sites for hydroxylation is 1. The van der Waals surface area contributed by atoms with Gasteiger partial charge in [-0.1, -0.05) is 25.9 Å². The van der Waals surface area contributed by atoms with Crippen LogP contribution in [0.15, 0.2) is 35.1 Å². The lowest BCUT2D eigenvalue weighted by Crippen LogP contribution is -2.48. The molecule has 0 aromatic carbocycles. The van der Waals surface area contributed by atoms with Crippen LogP contribution in [-0.4, -0.2) is 67.2 Å². The first-order valence-electron chi connectivity index (χ1n) is 11.7. The summed E-state index contributed by atoms with van der Waals surface area (Å²) in [6.45, 7) is 10.7. The van der Waals surface area contributed by atoms with Gasteiger partial charge in [0.2, 0.25) is 11.7 Å². The van der Waals surface area contributed by atoms with Crippen LogP contribution in [0.25, 0.3) is 17.0 Å². The molecule has 0 radical (unpaired) electrons. The van der Waals surface area contributed by atoms with Gasteiger partial charge in [-0.25, -0.2) is 9.52 Å². The molecule has 5 heterocycles. The number of nitrogens with zero attached hydrogens (tertiary/aromatic N) is 7. The average molecular weight is 493 g/mol. The zero-order valence-corrected chi connectivity index (χ0v) is 20.7. The molecule has 12 nitrogen and oxygen atoms in total.